The van der Waals surface area contributed by atoms with E-state index in [4.69, 9.17) is 4.74 Å². The first-order valence-corrected chi connectivity index (χ1v) is 12.6. The molecule has 0 spiro atoms. The van der Waals surface area contributed by atoms with Crippen LogP contribution >= 0.6 is 0 Å². The van der Waals surface area contributed by atoms with Gasteiger partial charge in [-0.05, 0) is 72.8 Å². The van der Waals surface area contributed by atoms with E-state index in [1.165, 1.54) is 18.9 Å². The van der Waals surface area contributed by atoms with E-state index in [-0.39, 0.29) is 23.7 Å². The Morgan fingerprint density at radius 2 is 1.37 bits per heavy atom. The third-order valence-corrected chi connectivity index (χ3v) is 7.28. The van der Waals surface area contributed by atoms with Crippen LogP contribution in [-0.4, -0.2) is 0 Å². The normalized spacial score (nSPS) is 18.0. The van der Waals surface area contributed by atoms with Gasteiger partial charge in [-0.3, -0.25) is 0 Å². The molecule has 0 unspecified atom stereocenters. The number of rotatable bonds is 8. The molecule has 1 aliphatic carbocycles. The number of halogens is 4. The second-order valence-electron chi connectivity index (χ2n) is 9.52. The highest BCUT2D eigenvalue weighted by Crippen LogP contribution is 2.40. The van der Waals surface area contributed by atoms with Crippen LogP contribution in [0, 0.1) is 29.2 Å². The SMILES string of the molecule is CCCC1CCC(c2ccc(-c3ccc(OCc4ccc(CC)c(F)c4F)cc3)c(F)c2F)CC1. The van der Waals surface area contributed by atoms with Crippen LogP contribution in [0.25, 0.3) is 11.1 Å². The summed E-state index contributed by atoms with van der Waals surface area (Å²) in [5, 5.41) is 0. The Morgan fingerprint density at radius 1 is 0.714 bits per heavy atom. The zero-order valence-electron chi connectivity index (χ0n) is 20.4. The van der Waals surface area contributed by atoms with Crippen LogP contribution in [0.1, 0.15) is 75.0 Å². The lowest BCUT2D eigenvalue weighted by Gasteiger charge is -2.29. The molecule has 5 heteroatoms. The maximum Gasteiger partial charge on any atom is 0.166 e. The van der Waals surface area contributed by atoms with Crippen molar-refractivity contribution in [2.24, 2.45) is 5.92 Å². The fraction of sp³-hybridized carbons (Fsp3) is 0.400. The molecular weight excluding hydrogens is 452 g/mol. The number of ether oxygens (including phenoxy) is 1. The summed E-state index contributed by atoms with van der Waals surface area (Å²) >= 11 is 0. The Hall–Kier alpha value is -2.82. The zero-order chi connectivity index (χ0) is 24.9. The molecule has 0 aliphatic heterocycles. The second kappa shape index (κ2) is 11.3. The van der Waals surface area contributed by atoms with Crippen LogP contribution in [0.15, 0.2) is 48.5 Å². The molecule has 1 saturated carbocycles. The van der Waals surface area contributed by atoms with Crippen LogP contribution in [-0.2, 0) is 13.0 Å². The summed E-state index contributed by atoms with van der Waals surface area (Å²) < 4.78 is 63.9. The average Bonchev–Trinajstić information content (AvgIpc) is 2.88. The molecule has 0 N–H and O–H groups in total. The number of benzene rings is 3. The first kappa shape index (κ1) is 25.3. The fourth-order valence-corrected chi connectivity index (χ4v) is 5.18. The van der Waals surface area contributed by atoms with Crippen LogP contribution in [0.5, 0.6) is 5.75 Å². The lowest BCUT2D eigenvalue weighted by Crippen LogP contribution is -2.14. The van der Waals surface area contributed by atoms with E-state index in [2.05, 4.69) is 6.92 Å². The van der Waals surface area contributed by atoms with Gasteiger partial charge in [0.15, 0.2) is 23.3 Å². The maximum absolute atomic E-state index is 15.0. The molecule has 0 heterocycles. The van der Waals surface area contributed by atoms with Crippen molar-refractivity contribution >= 4 is 0 Å². The third-order valence-electron chi connectivity index (χ3n) is 7.28. The van der Waals surface area contributed by atoms with Gasteiger partial charge in [0, 0.05) is 11.1 Å². The molecule has 0 saturated heterocycles. The Morgan fingerprint density at radius 3 is 2.03 bits per heavy atom. The molecule has 1 aliphatic rings. The second-order valence-corrected chi connectivity index (χ2v) is 9.52. The van der Waals surface area contributed by atoms with Crippen molar-refractivity contribution in [2.75, 3.05) is 0 Å². The van der Waals surface area contributed by atoms with Crippen molar-refractivity contribution in [3.63, 3.8) is 0 Å². The van der Waals surface area contributed by atoms with Crippen molar-refractivity contribution in [3.8, 4) is 16.9 Å². The largest absolute Gasteiger partial charge is 0.489 e. The van der Waals surface area contributed by atoms with Crippen LogP contribution < -0.4 is 4.74 Å². The number of hydrogen-bond donors (Lipinski definition) is 0. The molecule has 0 aromatic heterocycles. The summed E-state index contributed by atoms with van der Waals surface area (Å²) in [4.78, 5) is 0. The minimum atomic E-state index is -0.905. The lowest BCUT2D eigenvalue weighted by atomic mass is 9.77. The van der Waals surface area contributed by atoms with E-state index in [0.29, 0.717) is 34.8 Å². The van der Waals surface area contributed by atoms with Gasteiger partial charge in [-0.15, -0.1) is 0 Å². The first-order chi connectivity index (χ1) is 16.9. The Kier molecular flexibility index (Phi) is 8.15. The van der Waals surface area contributed by atoms with Gasteiger partial charge >= 0.3 is 0 Å². The lowest BCUT2D eigenvalue weighted by molar-refractivity contribution is 0.297. The first-order valence-electron chi connectivity index (χ1n) is 12.6. The summed E-state index contributed by atoms with van der Waals surface area (Å²) in [6.07, 6.45) is 6.72. The number of aryl methyl sites for hydroxylation is 1. The molecule has 0 amide bonds. The van der Waals surface area contributed by atoms with Crippen LogP contribution in [0.4, 0.5) is 17.6 Å². The predicted octanol–water partition coefficient (Wildman–Crippen LogP) is 9.13. The van der Waals surface area contributed by atoms with Gasteiger partial charge in [0.2, 0.25) is 0 Å². The topological polar surface area (TPSA) is 9.23 Å². The fourth-order valence-electron chi connectivity index (χ4n) is 5.18. The Bertz CT molecular complexity index is 1150. The van der Waals surface area contributed by atoms with Gasteiger partial charge in [-0.25, -0.2) is 17.6 Å². The van der Waals surface area contributed by atoms with Crippen molar-refractivity contribution in [1.82, 2.24) is 0 Å². The number of hydrogen-bond acceptors (Lipinski definition) is 1. The van der Waals surface area contributed by atoms with Gasteiger partial charge in [-0.2, -0.15) is 0 Å². The van der Waals surface area contributed by atoms with E-state index in [1.807, 2.05) is 0 Å². The standard InChI is InChI=1S/C30H32F4O/c1-3-5-19-6-8-21(9-7-19)25-16-17-26(30(34)29(25)33)22-12-14-24(15-13-22)35-18-23-11-10-20(4-2)27(31)28(23)32/h10-17,19,21H,3-9,18H2,1-2H3. The molecule has 4 rings (SSSR count). The Labute approximate surface area is 205 Å². The minimum absolute atomic E-state index is 0.0686. The molecule has 0 atom stereocenters. The minimum Gasteiger partial charge on any atom is -0.489 e. The van der Waals surface area contributed by atoms with Crippen molar-refractivity contribution in [1.29, 1.82) is 0 Å². The van der Waals surface area contributed by atoms with Gasteiger partial charge in [0.25, 0.3) is 0 Å². The zero-order valence-corrected chi connectivity index (χ0v) is 20.4. The smallest absolute Gasteiger partial charge is 0.166 e. The summed E-state index contributed by atoms with van der Waals surface area (Å²) in [7, 11) is 0. The molecule has 1 nitrogen and oxygen atoms in total. The van der Waals surface area contributed by atoms with E-state index >= 15 is 8.78 Å². The quantitative estimate of drug-likeness (QED) is 0.290. The van der Waals surface area contributed by atoms with E-state index in [0.717, 1.165) is 25.7 Å². The molecule has 3 aromatic rings. The van der Waals surface area contributed by atoms with Crippen molar-refractivity contribution in [3.05, 3.63) is 88.5 Å². The molecule has 3 aromatic carbocycles. The van der Waals surface area contributed by atoms with Gasteiger partial charge in [-0.1, -0.05) is 63.1 Å². The summed E-state index contributed by atoms with van der Waals surface area (Å²) in [5.74, 6) is -2.14. The highest BCUT2D eigenvalue weighted by atomic mass is 19.2. The molecule has 0 radical (unpaired) electrons. The van der Waals surface area contributed by atoms with Gasteiger partial charge in [0.1, 0.15) is 12.4 Å². The predicted molar refractivity (Wildman–Crippen MR) is 131 cm³/mol. The van der Waals surface area contributed by atoms with E-state index < -0.39 is 23.3 Å². The molecular formula is C30H32F4O. The average molecular weight is 485 g/mol. The van der Waals surface area contributed by atoms with Gasteiger partial charge < -0.3 is 4.74 Å². The molecule has 1 fully saturated rings. The summed E-state index contributed by atoms with van der Waals surface area (Å²) in [5.41, 5.74) is 1.64. The van der Waals surface area contributed by atoms with E-state index in [9.17, 15) is 8.78 Å². The Balaban J connectivity index is 1.44. The highest BCUT2D eigenvalue weighted by molar-refractivity contribution is 5.65. The summed E-state index contributed by atoms with van der Waals surface area (Å²) in [6, 6.07) is 12.9. The molecule has 186 valence electrons. The third kappa shape index (κ3) is 5.55. The van der Waals surface area contributed by atoms with Gasteiger partial charge in [0.05, 0.1) is 0 Å². The van der Waals surface area contributed by atoms with E-state index in [1.54, 1.807) is 49.4 Å². The molecule has 0 bridgehead atoms. The monoisotopic (exact) mass is 484 g/mol. The highest BCUT2D eigenvalue weighted by Gasteiger charge is 2.26. The molecule has 35 heavy (non-hydrogen) atoms. The summed E-state index contributed by atoms with van der Waals surface area (Å²) in [6.45, 7) is 3.81. The maximum atomic E-state index is 15.0. The van der Waals surface area contributed by atoms with Crippen molar-refractivity contribution < 1.29 is 22.3 Å². The van der Waals surface area contributed by atoms with Crippen molar-refractivity contribution in [2.45, 2.75) is 71.3 Å². The van der Waals surface area contributed by atoms with Crippen LogP contribution in [0.2, 0.25) is 0 Å². The van der Waals surface area contributed by atoms with Crippen LogP contribution in [0.3, 0.4) is 0 Å².